The van der Waals surface area contributed by atoms with Gasteiger partial charge in [-0.15, -0.1) is 0 Å². The molecule has 0 radical (unpaired) electrons. The Kier molecular flexibility index (Phi) is 5.33. The van der Waals surface area contributed by atoms with E-state index in [1.54, 1.807) is 0 Å². The smallest absolute Gasteiger partial charge is 0.154 e. The molecule has 1 aromatic rings. The van der Waals surface area contributed by atoms with Crippen molar-refractivity contribution in [3.63, 3.8) is 0 Å². The maximum Gasteiger partial charge on any atom is 0.154 e. The molecule has 1 aromatic heterocycles. The molecule has 0 atom stereocenters. The van der Waals surface area contributed by atoms with Gasteiger partial charge in [0.2, 0.25) is 0 Å². The normalized spacial score (nSPS) is 29.6. The van der Waals surface area contributed by atoms with Crippen molar-refractivity contribution in [2.45, 2.75) is 64.0 Å². The average molecular weight is 335 g/mol. The minimum atomic E-state index is 0.140. The zero-order valence-electron chi connectivity index (χ0n) is 15.7. The number of ether oxygens (including phenoxy) is 1. The van der Waals surface area contributed by atoms with Crippen molar-refractivity contribution in [2.24, 2.45) is 5.41 Å². The molecule has 1 saturated carbocycles. The van der Waals surface area contributed by atoms with E-state index >= 15 is 0 Å². The number of likely N-dealkylation sites (N-methyl/N-ethyl adjacent to an activating group) is 2. The molecule has 0 aromatic carbocycles. The maximum atomic E-state index is 6.25. The summed E-state index contributed by atoms with van der Waals surface area (Å²) in [5.41, 5.74) is 1.80. The highest BCUT2D eigenvalue weighted by Gasteiger charge is 2.46. The van der Waals surface area contributed by atoms with Crippen LogP contribution in [0.4, 0.5) is 0 Å². The molecule has 1 spiro atoms. The second kappa shape index (κ2) is 7.14. The third-order valence-electron chi connectivity index (χ3n) is 5.74. The minimum absolute atomic E-state index is 0.140. The van der Waals surface area contributed by atoms with Crippen LogP contribution < -0.4 is 5.32 Å². The molecular formula is C19H33N3O2. The Morgan fingerprint density at radius 3 is 2.71 bits per heavy atom. The quantitative estimate of drug-likeness (QED) is 0.865. The molecule has 0 amide bonds. The first-order valence-corrected chi connectivity index (χ1v) is 9.34. The summed E-state index contributed by atoms with van der Waals surface area (Å²) in [6, 6.07) is 0. The van der Waals surface area contributed by atoms with Gasteiger partial charge in [-0.1, -0.05) is 19.0 Å². The largest absolute Gasteiger partial charge is 0.374 e. The highest BCUT2D eigenvalue weighted by atomic mass is 16.5. The molecular weight excluding hydrogens is 302 g/mol. The summed E-state index contributed by atoms with van der Waals surface area (Å²) >= 11 is 0. The SMILES string of the molecule is CNCCN(C)Cc1oncc1[C@H]1CC[C@@]2(CC1)CC(C)(C)CO2. The van der Waals surface area contributed by atoms with Crippen molar-refractivity contribution < 1.29 is 9.26 Å². The number of aromatic nitrogens is 1. The number of nitrogens with zero attached hydrogens (tertiary/aromatic N) is 2. The van der Waals surface area contributed by atoms with E-state index in [2.05, 4.69) is 36.3 Å². The fourth-order valence-corrected chi connectivity index (χ4v) is 4.45. The molecule has 1 aliphatic heterocycles. The van der Waals surface area contributed by atoms with Gasteiger partial charge in [0.05, 0.1) is 24.9 Å². The molecule has 5 heteroatoms. The minimum Gasteiger partial charge on any atom is -0.374 e. The van der Waals surface area contributed by atoms with Gasteiger partial charge in [0.1, 0.15) is 0 Å². The number of rotatable bonds is 6. The van der Waals surface area contributed by atoms with E-state index in [1.165, 1.54) is 37.7 Å². The van der Waals surface area contributed by atoms with Gasteiger partial charge < -0.3 is 14.6 Å². The topological polar surface area (TPSA) is 50.5 Å². The molecule has 24 heavy (non-hydrogen) atoms. The summed E-state index contributed by atoms with van der Waals surface area (Å²) in [7, 11) is 4.12. The summed E-state index contributed by atoms with van der Waals surface area (Å²) in [5, 5.41) is 7.28. The highest BCUT2D eigenvalue weighted by molar-refractivity contribution is 5.20. The van der Waals surface area contributed by atoms with Crippen LogP contribution in [0.2, 0.25) is 0 Å². The van der Waals surface area contributed by atoms with Crippen LogP contribution in [-0.2, 0) is 11.3 Å². The highest BCUT2D eigenvalue weighted by Crippen LogP contribution is 2.50. The van der Waals surface area contributed by atoms with Crippen LogP contribution in [-0.4, -0.2) is 49.4 Å². The zero-order chi connectivity index (χ0) is 17.2. The fourth-order valence-electron chi connectivity index (χ4n) is 4.45. The maximum absolute atomic E-state index is 6.25. The van der Waals surface area contributed by atoms with E-state index < -0.39 is 0 Å². The molecule has 0 bridgehead atoms. The summed E-state index contributed by atoms with van der Waals surface area (Å²) in [6.45, 7) is 8.39. The van der Waals surface area contributed by atoms with Gasteiger partial charge in [-0.05, 0) is 57.5 Å². The van der Waals surface area contributed by atoms with Crippen LogP contribution in [0, 0.1) is 5.41 Å². The predicted octanol–water partition coefficient (Wildman–Crippen LogP) is 3.17. The first kappa shape index (κ1) is 17.9. The Labute approximate surface area is 146 Å². The van der Waals surface area contributed by atoms with Crippen molar-refractivity contribution in [2.75, 3.05) is 33.8 Å². The van der Waals surface area contributed by atoms with Gasteiger partial charge in [-0.3, -0.25) is 4.90 Å². The van der Waals surface area contributed by atoms with Crippen LogP contribution >= 0.6 is 0 Å². The van der Waals surface area contributed by atoms with Gasteiger partial charge in [0.25, 0.3) is 0 Å². The first-order chi connectivity index (χ1) is 11.4. The van der Waals surface area contributed by atoms with Crippen LogP contribution in [0.25, 0.3) is 0 Å². The number of hydrogen-bond donors (Lipinski definition) is 1. The Balaban J connectivity index is 1.58. The molecule has 1 saturated heterocycles. The first-order valence-electron chi connectivity index (χ1n) is 9.34. The number of hydrogen-bond acceptors (Lipinski definition) is 5. The van der Waals surface area contributed by atoms with Crippen LogP contribution in [0.5, 0.6) is 0 Å². The van der Waals surface area contributed by atoms with Crippen molar-refractivity contribution in [3.8, 4) is 0 Å². The van der Waals surface area contributed by atoms with Crippen LogP contribution in [0.1, 0.15) is 63.2 Å². The monoisotopic (exact) mass is 335 g/mol. The standard InChI is InChI=1S/C19H33N3O2/c1-18(2)13-19(23-14-18)7-5-15(6-8-19)16-11-21-24-17(16)12-22(4)10-9-20-3/h11,15,20H,5-10,12-14H2,1-4H3/t15-,19+. The van der Waals surface area contributed by atoms with Gasteiger partial charge in [-0.2, -0.15) is 0 Å². The van der Waals surface area contributed by atoms with Crippen molar-refractivity contribution in [3.05, 3.63) is 17.5 Å². The summed E-state index contributed by atoms with van der Waals surface area (Å²) in [4.78, 5) is 2.29. The Morgan fingerprint density at radius 2 is 2.08 bits per heavy atom. The molecule has 2 fully saturated rings. The predicted molar refractivity (Wildman–Crippen MR) is 95.1 cm³/mol. The zero-order valence-corrected chi connectivity index (χ0v) is 15.7. The van der Waals surface area contributed by atoms with Crippen LogP contribution in [0.3, 0.4) is 0 Å². The van der Waals surface area contributed by atoms with E-state index in [-0.39, 0.29) is 5.60 Å². The van der Waals surface area contributed by atoms with Crippen molar-refractivity contribution in [1.29, 1.82) is 0 Å². The Hall–Kier alpha value is -0.910. The van der Waals surface area contributed by atoms with Gasteiger partial charge in [0, 0.05) is 18.7 Å². The van der Waals surface area contributed by atoms with Gasteiger partial charge in [0.15, 0.2) is 5.76 Å². The third kappa shape index (κ3) is 4.01. The molecule has 0 unspecified atom stereocenters. The fraction of sp³-hybridized carbons (Fsp3) is 0.842. The van der Waals surface area contributed by atoms with Gasteiger partial charge >= 0.3 is 0 Å². The van der Waals surface area contributed by atoms with E-state index in [0.717, 1.165) is 32.0 Å². The number of nitrogens with one attached hydrogen (secondary N) is 1. The molecule has 136 valence electrons. The van der Waals surface area contributed by atoms with E-state index in [9.17, 15) is 0 Å². The lowest BCUT2D eigenvalue weighted by Gasteiger charge is -2.37. The molecule has 3 rings (SSSR count). The van der Waals surface area contributed by atoms with Gasteiger partial charge in [-0.25, -0.2) is 0 Å². The second-order valence-corrected chi connectivity index (χ2v) is 8.63. The lowest BCUT2D eigenvalue weighted by Crippen LogP contribution is -2.33. The van der Waals surface area contributed by atoms with Crippen LogP contribution in [0.15, 0.2) is 10.7 Å². The van der Waals surface area contributed by atoms with E-state index in [0.29, 0.717) is 11.3 Å². The van der Waals surface area contributed by atoms with E-state index in [4.69, 9.17) is 9.26 Å². The Morgan fingerprint density at radius 1 is 1.33 bits per heavy atom. The molecule has 1 N–H and O–H groups in total. The van der Waals surface area contributed by atoms with Crippen molar-refractivity contribution >= 4 is 0 Å². The summed E-state index contributed by atoms with van der Waals surface area (Å²) < 4.78 is 11.8. The second-order valence-electron chi connectivity index (χ2n) is 8.63. The Bertz CT molecular complexity index is 532. The molecule has 2 heterocycles. The lowest BCUT2D eigenvalue weighted by molar-refractivity contribution is -0.0294. The molecule has 2 aliphatic rings. The molecule has 5 nitrogen and oxygen atoms in total. The lowest BCUT2D eigenvalue weighted by atomic mass is 9.72. The molecule has 1 aliphatic carbocycles. The summed E-state index contributed by atoms with van der Waals surface area (Å²) in [6.07, 6.45) is 7.86. The average Bonchev–Trinajstić information content (AvgIpc) is 3.11. The third-order valence-corrected chi connectivity index (χ3v) is 5.74. The van der Waals surface area contributed by atoms with Crippen molar-refractivity contribution in [1.82, 2.24) is 15.4 Å². The van der Waals surface area contributed by atoms with E-state index in [1.807, 2.05) is 13.2 Å². The summed E-state index contributed by atoms with van der Waals surface area (Å²) in [5.74, 6) is 1.61.